The van der Waals surface area contributed by atoms with Crippen LogP contribution in [0.25, 0.3) is 11.4 Å². The zero-order valence-corrected chi connectivity index (χ0v) is 21.1. The molecule has 2 aromatic heterocycles. The third kappa shape index (κ3) is 6.61. The van der Waals surface area contributed by atoms with E-state index in [2.05, 4.69) is 20.2 Å². The Morgan fingerprint density at radius 2 is 1.69 bits per heavy atom. The Morgan fingerprint density at radius 3 is 2.31 bits per heavy atom. The number of rotatable bonds is 10. The standard InChI is InChI=1S/C24H23N5O5S2/c1-16(30)17-5-9-19(10-6-17)25-22(31)15-35-24-27-26-23(29(24)14-21-4-3-13-34-21)18-7-11-20(12-8-18)28-36(2,32)33/h3-13,28H,14-15H2,1-2H3,(H,25,31). The van der Waals surface area contributed by atoms with E-state index in [1.807, 2.05) is 10.6 Å². The summed E-state index contributed by atoms with van der Waals surface area (Å²) in [4.78, 5) is 24.0. The summed E-state index contributed by atoms with van der Waals surface area (Å²) in [6.07, 6.45) is 2.66. The normalized spacial score (nSPS) is 11.3. The van der Waals surface area contributed by atoms with E-state index >= 15 is 0 Å². The molecule has 186 valence electrons. The highest BCUT2D eigenvalue weighted by molar-refractivity contribution is 7.99. The van der Waals surface area contributed by atoms with Crippen molar-refractivity contribution in [3.05, 3.63) is 78.3 Å². The predicted molar refractivity (Wildman–Crippen MR) is 138 cm³/mol. The highest BCUT2D eigenvalue weighted by atomic mass is 32.2. The quantitative estimate of drug-likeness (QED) is 0.235. The van der Waals surface area contributed by atoms with Crippen LogP contribution in [0, 0.1) is 0 Å². The van der Waals surface area contributed by atoms with E-state index < -0.39 is 10.0 Å². The van der Waals surface area contributed by atoms with Crippen LogP contribution < -0.4 is 10.0 Å². The number of carbonyl (C=O) groups is 2. The summed E-state index contributed by atoms with van der Waals surface area (Å²) in [6, 6.07) is 17.0. The first-order valence-corrected chi connectivity index (χ1v) is 13.6. The summed E-state index contributed by atoms with van der Waals surface area (Å²) >= 11 is 1.22. The fourth-order valence-corrected chi connectivity index (χ4v) is 4.63. The number of aromatic nitrogens is 3. The van der Waals surface area contributed by atoms with Crippen LogP contribution >= 0.6 is 11.8 Å². The first kappa shape index (κ1) is 25.2. The number of anilines is 2. The molecule has 4 aromatic rings. The zero-order valence-electron chi connectivity index (χ0n) is 19.5. The number of ketones is 1. The van der Waals surface area contributed by atoms with Crippen molar-refractivity contribution in [2.24, 2.45) is 0 Å². The highest BCUT2D eigenvalue weighted by Crippen LogP contribution is 2.27. The van der Waals surface area contributed by atoms with Gasteiger partial charge in [0.1, 0.15) is 5.76 Å². The molecular weight excluding hydrogens is 502 g/mol. The van der Waals surface area contributed by atoms with Gasteiger partial charge in [0.2, 0.25) is 15.9 Å². The first-order chi connectivity index (χ1) is 17.2. The first-order valence-electron chi connectivity index (χ1n) is 10.8. The van der Waals surface area contributed by atoms with Gasteiger partial charge in [-0.2, -0.15) is 0 Å². The molecule has 1 amide bonds. The topological polar surface area (TPSA) is 136 Å². The lowest BCUT2D eigenvalue weighted by molar-refractivity contribution is -0.113. The molecule has 0 aliphatic rings. The summed E-state index contributed by atoms with van der Waals surface area (Å²) in [5.41, 5.74) is 2.31. The Balaban J connectivity index is 1.50. The molecule has 0 saturated carbocycles. The summed E-state index contributed by atoms with van der Waals surface area (Å²) in [5.74, 6) is 1.03. The molecule has 36 heavy (non-hydrogen) atoms. The van der Waals surface area contributed by atoms with Gasteiger partial charge in [-0.15, -0.1) is 10.2 Å². The number of hydrogen-bond donors (Lipinski definition) is 2. The largest absolute Gasteiger partial charge is 0.467 e. The van der Waals surface area contributed by atoms with Crippen molar-refractivity contribution in [1.82, 2.24) is 14.8 Å². The Hall–Kier alpha value is -3.90. The van der Waals surface area contributed by atoms with E-state index in [0.29, 0.717) is 40.2 Å². The molecule has 0 atom stereocenters. The third-order valence-corrected chi connectivity index (χ3v) is 6.54. The van der Waals surface area contributed by atoms with Crippen LogP contribution in [0.3, 0.4) is 0 Å². The summed E-state index contributed by atoms with van der Waals surface area (Å²) in [6.45, 7) is 1.83. The Kier molecular flexibility index (Phi) is 7.55. The van der Waals surface area contributed by atoms with Gasteiger partial charge in [0.25, 0.3) is 0 Å². The minimum absolute atomic E-state index is 0.0450. The van der Waals surface area contributed by atoms with Crippen molar-refractivity contribution in [1.29, 1.82) is 0 Å². The van der Waals surface area contributed by atoms with E-state index in [9.17, 15) is 18.0 Å². The van der Waals surface area contributed by atoms with Gasteiger partial charge in [-0.25, -0.2) is 8.42 Å². The van der Waals surface area contributed by atoms with Crippen molar-refractivity contribution in [2.45, 2.75) is 18.6 Å². The third-order valence-electron chi connectivity index (χ3n) is 4.96. The number of hydrogen-bond acceptors (Lipinski definition) is 8. The Labute approximate surface area is 212 Å². The van der Waals surface area contributed by atoms with Gasteiger partial charge in [-0.3, -0.25) is 18.9 Å². The highest BCUT2D eigenvalue weighted by Gasteiger charge is 2.17. The number of Topliss-reactive ketones (excluding diaryl/α,β-unsaturated/α-hetero) is 1. The number of carbonyl (C=O) groups excluding carboxylic acids is 2. The SMILES string of the molecule is CC(=O)c1ccc(NC(=O)CSc2nnc(-c3ccc(NS(C)(=O)=O)cc3)n2Cc2ccco2)cc1. The lowest BCUT2D eigenvalue weighted by atomic mass is 10.1. The molecule has 12 heteroatoms. The molecule has 10 nitrogen and oxygen atoms in total. The molecule has 0 bridgehead atoms. The second-order valence-corrected chi connectivity index (χ2v) is 10.6. The number of sulfonamides is 1. The monoisotopic (exact) mass is 525 g/mol. The van der Waals surface area contributed by atoms with Crippen molar-refractivity contribution in [3.8, 4) is 11.4 Å². The van der Waals surface area contributed by atoms with Crippen LogP contribution in [-0.2, 0) is 21.4 Å². The number of benzene rings is 2. The molecule has 0 aliphatic heterocycles. The minimum Gasteiger partial charge on any atom is -0.467 e. The molecule has 0 saturated heterocycles. The molecule has 2 heterocycles. The second kappa shape index (κ2) is 10.8. The maximum absolute atomic E-state index is 12.5. The van der Waals surface area contributed by atoms with Gasteiger partial charge < -0.3 is 9.73 Å². The van der Waals surface area contributed by atoms with Crippen LogP contribution in [0.15, 0.2) is 76.5 Å². The van der Waals surface area contributed by atoms with Gasteiger partial charge in [0, 0.05) is 22.5 Å². The predicted octanol–water partition coefficient (Wildman–Crippen LogP) is 3.89. The van der Waals surface area contributed by atoms with Crippen LogP contribution in [0.2, 0.25) is 0 Å². The maximum atomic E-state index is 12.5. The van der Waals surface area contributed by atoms with Crippen LogP contribution in [0.1, 0.15) is 23.0 Å². The van der Waals surface area contributed by atoms with E-state index in [0.717, 1.165) is 11.8 Å². The maximum Gasteiger partial charge on any atom is 0.234 e. The minimum atomic E-state index is -3.39. The Morgan fingerprint density at radius 1 is 1.00 bits per heavy atom. The van der Waals surface area contributed by atoms with Gasteiger partial charge in [0.15, 0.2) is 16.8 Å². The average Bonchev–Trinajstić information content (AvgIpc) is 3.48. The van der Waals surface area contributed by atoms with Gasteiger partial charge in [-0.05, 0) is 67.6 Å². The van der Waals surface area contributed by atoms with Crippen LogP contribution in [0.5, 0.6) is 0 Å². The van der Waals surface area contributed by atoms with Crippen molar-refractivity contribution >= 4 is 44.9 Å². The molecule has 2 aromatic carbocycles. The van der Waals surface area contributed by atoms with Crippen molar-refractivity contribution in [2.75, 3.05) is 22.0 Å². The molecule has 2 N–H and O–H groups in total. The number of thioether (sulfide) groups is 1. The molecule has 0 radical (unpaired) electrons. The molecular formula is C24H23N5O5S2. The average molecular weight is 526 g/mol. The molecule has 0 aliphatic carbocycles. The van der Waals surface area contributed by atoms with E-state index in [1.54, 1.807) is 60.9 Å². The molecule has 0 unspecified atom stereocenters. The summed E-state index contributed by atoms with van der Waals surface area (Å²) in [7, 11) is -3.39. The number of amides is 1. The van der Waals surface area contributed by atoms with Crippen LogP contribution in [0.4, 0.5) is 11.4 Å². The lowest BCUT2D eigenvalue weighted by Gasteiger charge is -2.10. The summed E-state index contributed by atoms with van der Waals surface area (Å²) < 4.78 is 32.7. The number of nitrogens with one attached hydrogen (secondary N) is 2. The van der Waals surface area contributed by atoms with Gasteiger partial charge in [-0.1, -0.05) is 11.8 Å². The van der Waals surface area contributed by atoms with Crippen LogP contribution in [-0.4, -0.2) is 46.9 Å². The summed E-state index contributed by atoms with van der Waals surface area (Å²) in [5, 5.41) is 11.9. The van der Waals surface area contributed by atoms with E-state index in [4.69, 9.17) is 4.42 Å². The second-order valence-electron chi connectivity index (χ2n) is 7.89. The number of nitrogens with zero attached hydrogens (tertiary/aromatic N) is 3. The van der Waals surface area contributed by atoms with Gasteiger partial charge >= 0.3 is 0 Å². The fourth-order valence-electron chi connectivity index (χ4n) is 3.33. The van der Waals surface area contributed by atoms with Gasteiger partial charge in [0.05, 0.1) is 24.8 Å². The van der Waals surface area contributed by atoms with E-state index in [1.165, 1.54) is 18.7 Å². The van der Waals surface area contributed by atoms with E-state index in [-0.39, 0.29) is 17.4 Å². The number of furan rings is 1. The zero-order chi connectivity index (χ0) is 25.7. The fraction of sp³-hybridized carbons (Fsp3) is 0.167. The smallest absolute Gasteiger partial charge is 0.234 e. The van der Waals surface area contributed by atoms with Crippen molar-refractivity contribution < 1.29 is 22.4 Å². The lowest BCUT2D eigenvalue weighted by Crippen LogP contribution is -2.15. The molecule has 0 spiro atoms. The Bertz CT molecular complexity index is 1460. The van der Waals surface area contributed by atoms with Crippen molar-refractivity contribution in [3.63, 3.8) is 0 Å². The molecule has 0 fully saturated rings. The molecule has 4 rings (SSSR count).